The molecule has 64 heavy (non-hydrogen) atoms. The van der Waals surface area contributed by atoms with Crippen molar-refractivity contribution in [3.05, 3.63) is 83.6 Å². The second-order valence-corrected chi connectivity index (χ2v) is 22.4. The van der Waals surface area contributed by atoms with Gasteiger partial charge in [0.1, 0.15) is 6.54 Å². The molecule has 0 aromatic heterocycles. The van der Waals surface area contributed by atoms with Crippen LogP contribution in [0.5, 0.6) is 0 Å². The minimum absolute atomic E-state index is 0.000156. The van der Waals surface area contributed by atoms with Crippen LogP contribution >= 0.6 is 0 Å². The molecule has 0 spiro atoms. The summed E-state index contributed by atoms with van der Waals surface area (Å²) in [4.78, 5) is 12.7. The van der Waals surface area contributed by atoms with E-state index in [2.05, 4.69) is 0 Å². The molecule has 0 radical (unpaired) electrons. The molecule has 22 heteroatoms. The van der Waals surface area contributed by atoms with Crippen molar-refractivity contribution in [2.75, 3.05) is 70.6 Å². The van der Waals surface area contributed by atoms with Crippen molar-refractivity contribution < 1.29 is 75.1 Å². The quantitative estimate of drug-likeness (QED) is 0.0345. The largest absolute Gasteiger partial charge is 0.481 e. The number of allylic oxidation sites excluding steroid dienone is 6. The maximum Gasteiger partial charge on any atom is 0.303 e. The number of hydrogen-bond acceptors (Lipinski definition) is 14. The molecule has 0 amide bonds. The Labute approximate surface area is 377 Å². The Morgan fingerprint density at radius 3 is 2.06 bits per heavy atom. The van der Waals surface area contributed by atoms with Gasteiger partial charge >= 0.3 is 5.97 Å². The summed E-state index contributed by atoms with van der Waals surface area (Å²) in [6, 6.07) is 8.82. The van der Waals surface area contributed by atoms with Crippen molar-refractivity contribution >= 4 is 63.5 Å². The molecule has 2 aliphatic heterocycles. The molecule has 3 N–H and O–H groups in total. The van der Waals surface area contributed by atoms with E-state index in [0.29, 0.717) is 79.5 Å². The molecule has 2 unspecified atom stereocenters. The van der Waals surface area contributed by atoms with E-state index in [1.54, 1.807) is 43.5 Å². The number of anilines is 1. The zero-order valence-corrected chi connectivity index (χ0v) is 39.9. The topological polar surface area (TPSA) is 257 Å². The lowest BCUT2D eigenvalue weighted by molar-refractivity contribution is -0.438. The fourth-order valence-electron chi connectivity index (χ4n) is 8.26. The van der Waals surface area contributed by atoms with Crippen LogP contribution in [0.4, 0.5) is 11.4 Å². The monoisotopic (exact) mass is 975 g/mol. The Hall–Kier alpha value is -3.84. The van der Waals surface area contributed by atoms with Crippen molar-refractivity contribution in [3.8, 4) is 0 Å². The molecule has 2 aromatic rings. The number of carbonyl (C=O) groups is 1. The standard InChI is InChI=1S/C42H58N2O16S4/c1-41(21-12-28-61(47,48)49)34-30-32(63(52,53)54)17-19-36(34)43(23-11-7-10-16-40(45)46)38(41)14-8-6-9-15-39-42(2,22-13-29-62(50,51)58-4)35-31-33(64(55,56)59-5)18-20-37(35)44(39)24-25-60-27-26-57-3/h6,8-9,14-15,17-20,30-31H,7,10-13,16,21-29H2,1-5H3,(H2-,45,46,47,48,49,52,53,54)/p+1. The Morgan fingerprint density at radius 2 is 1.42 bits per heavy atom. The van der Waals surface area contributed by atoms with E-state index >= 15 is 0 Å². The number of ether oxygens (including phenoxy) is 2. The van der Waals surface area contributed by atoms with Gasteiger partial charge in [0, 0.05) is 61.0 Å². The molecule has 2 atom stereocenters. The summed E-state index contributed by atoms with van der Waals surface area (Å²) in [6.45, 7) is 5.38. The van der Waals surface area contributed by atoms with Gasteiger partial charge < -0.3 is 19.5 Å². The molecule has 356 valence electrons. The maximum atomic E-state index is 12.9. The van der Waals surface area contributed by atoms with Crippen molar-refractivity contribution in [1.29, 1.82) is 0 Å². The first kappa shape index (κ1) is 52.8. The third kappa shape index (κ3) is 13.4. The zero-order valence-electron chi connectivity index (χ0n) is 36.6. The highest BCUT2D eigenvalue weighted by Gasteiger charge is 2.48. The number of unbranched alkanes of at least 4 members (excludes halogenated alkanes) is 2. The van der Waals surface area contributed by atoms with Gasteiger partial charge in [-0.25, -0.2) is 0 Å². The molecule has 0 fully saturated rings. The minimum Gasteiger partial charge on any atom is -0.481 e. The highest BCUT2D eigenvalue weighted by molar-refractivity contribution is 7.87. The predicted molar refractivity (Wildman–Crippen MR) is 240 cm³/mol. The highest BCUT2D eigenvalue weighted by Crippen LogP contribution is 2.51. The maximum absolute atomic E-state index is 12.9. The predicted octanol–water partition coefficient (Wildman–Crippen LogP) is 5.13. The van der Waals surface area contributed by atoms with E-state index in [1.807, 2.05) is 29.4 Å². The third-order valence-corrected chi connectivity index (χ3v) is 15.7. The molecular weight excluding hydrogens is 917 g/mol. The molecule has 0 aliphatic carbocycles. The molecule has 0 saturated carbocycles. The number of fused-ring (bicyclic) bond motifs is 2. The lowest BCUT2D eigenvalue weighted by Gasteiger charge is -2.30. The smallest absolute Gasteiger partial charge is 0.303 e. The number of rotatable bonds is 27. The van der Waals surface area contributed by atoms with E-state index in [0.717, 1.165) is 14.2 Å². The van der Waals surface area contributed by atoms with E-state index < -0.39 is 63.0 Å². The van der Waals surface area contributed by atoms with Gasteiger partial charge in [-0.15, -0.1) is 0 Å². The van der Waals surface area contributed by atoms with E-state index in [-0.39, 0.29) is 54.3 Å². The number of hydrogen-bond donors (Lipinski definition) is 3. The SMILES string of the molecule is COCCOCCN1/C(=C/C=C/C=C/C2=[N+](CCCCCC(=O)O)c3ccc(S(=O)(=O)O)cc3C2(C)CCCS(=O)(=O)O)C(C)(CCCS(=O)(=O)OC)c2cc(S(=O)(=O)OC)ccc21. The Morgan fingerprint density at radius 1 is 0.750 bits per heavy atom. The normalized spacial score (nSPS) is 20.0. The van der Waals surface area contributed by atoms with Crippen LogP contribution in [-0.2, 0) is 73.9 Å². The van der Waals surface area contributed by atoms with E-state index in [9.17, 15) is 47.6 Å². The van der Waals surface area contributed by atoms with E-state index in [4.69, 9.17) is 22.9 Å². The molecule has 4 rings (SSSR count). The first-order valence-electron chi connectivity index (χ1n) is 20.5. The Bertz CT molecular complexity index is 2590. The van der Waals surface area contributed by atoms with Crippen molar-refractivity contribution in [2.45, 2.75) is 85.8 Å². The van der Waals surface area contributed by atoms with Gasteiger partial charge in [0.2, 0.25) is 5.69 Å². The van der Waals surface area contributed by atoms with E-state index in [1.165, 1.54) is 24.3 Å². The highest BCUT2D eigenvalue weighted by atomic mass is 32.2. The summed E-state index contributed by atoms with van der Waals surface area (Å²) < 4.78 is 141. The van der Waals surface area contributed by atoms with Crippen LogP contribution in [0, 0.1) is 0 Å². The number of carboxylic acid groups (broad SMARTS) is 1. The number of nitrogens with zero attached hydrogens (tertiary/aromatic N) is 2. The van der Waals surface area contributed by atoms with Crippen LogP contribution in [0.3, 0.4) is 0 Å². The Balaban J connectivity index is 1.84. The molecule has 2 aromatic carbocycles. The summed E-state index contributed by atoms with van der Waals surface area (Å²) in [5.74, 6) is -1.76. The molecule has 18 nitrogen and oxygen atoms in total. The van der Waals surface area contributed by atoms with Gasteiger partial charge in [-0.3, -0.25) is 22.3 Å². The van der Waals surface area contributed by atoms with Gasteiger partial charge in [0.25, 0.3) is 40.5 Å². The summed E-state index contributed by atoms with van der Waals surface area (Å²) >= 11 is 0. The molecule has 0 bridgehead atoms. The fourth-order valence-corrected chi connectivity index (χ4v) is 10.6. The average Bonchev–Trinajstić information content (AvgIpc) is 3.59. The lowest BCUT2D eigenvalue weighted by atomic mass is 9.76. The van der Waals surface area contributed by atoms with Crippen LogP contribution in [0.2, 0.25) is 0 Å². The van der Waals surface area contributed by atoms with Gasteiger partial charge in [0.05, 0.1) is 60.8 Å². The zero-order chi connectivity index (χ0) is 47.6. The van der Waals surface area contributed by atoms with Crippen LogP contribution in [0.15, 0.2) is 82.3 Å². The first-order chi connectivity index (χ1) is 29.9. The van der Waals surface area contributed by atoms with Gasteiger partial charge in [-0.2, -0.15) is 38.2 Å². The summed E-state index contributed by atoms with van der Waals surface area (Å²) in [7, 11) is -13.2. The van der Waals surface area contributed by atoms with Crippen molar-refractivity contribution in [1.82, 2.24) is 0 Å². The van der Waals surface area contributed by atoms with Crippen LogP contribution in [0.1, 0.15) is 76.3 Å². The first-order valence-corrected chi connectivity index (χ1v) is 26.5. The molecular formula is C42H59N2O16S4+. The second-order valence-electron chi connectivity index (χ2n) is 15.8. The second kappa shape index (κ2) is 22.1. The molecule has 2 heterocycles. The van der Waals surface area contributed by atoms with Gasteiger partial charge in [-0.1, -0.05) is 18.2 Å². The summed E-state index contributed by atoms with van der Waals surface area (Å²) in [5.41, 5.74) is 1.81. The molecule has 2 aliphatic rings. The van der Waals surface area contributed by atoms with Crippen molar-refractivity contribution in [3.63, 3.8) is 0 Å². The number of benzene rings is 2. The van der Waals surface area contributed by atoms with Crippen LogP contribution < -0.4 is 4.90 Å². The van der Waals surface area contributed by atoms with Gasteiger partial charge in [-0.05, 0) is 94.3 Å². The number of carboxylic acids is 1. The molecule has 0 saturated heterocycles. The summed E-state index contributed by atoms with van der Waals surface area (Å²) in [6.07, 6.45) is 11.0. The number of aliphatic carboxylic acids is 1. The summed E-state index contributed by atoms with van der Waals surface area (Å²) in [5, 5.41) is 9.16. The van der Waals surface area contributed by atoms with Crippen LogP contribution in [0.25, 0.3) is 0 Å². The lowest BCUT2D eigenvalue weighted by Crippen LogP contribution is -2.32. The Kier molecular flexibility index (Phi) is 18.2. The van der Waals surface area contributed by atoms with Crippen LogP contribution in [-0.4, -0.2) is 130 Å². The number of methoxy groups -OCH3 is 1. The van der Waals surface area contributed by atoms with Gasteiger partial charge in [0.15, 0.2) is 5.71 Å². The third-order valence-electron chi connectivity index (χ3n) is 11.5. The fraction of sp³-hybridized carbons (Fsp3) is 0.524. The minimum atomic E-state index is -4.63. The average molecular weight is 976 g/mol. The van der Waals surface area contributed by atoms with Crippen molar-refractivity contribution in [2.24, 2.45) is 0 Å².